The van der Waals surface area contributed by atoms with Crippen molar-refractivity contribution in [2.45, 2.75) is 24.9 Å². The molecule has 0 spiro atoms. The number of amides is 3. The summed E-state index contributed by atoms with van der Waals surface area (Å²) in [6, 6.07) is 5.38. The monoisotopic (exact) mass is 603 g/mol. The number of likely N-dealkylation sites (N-methyl/N-ethyl adjacent to an activating group) is 1. The summed E-state index contributed by atoms with van der Waals surface area (Å²) in [5.74, 6) is -2.86. The van der Waals surface area contributed by atoms with Crippen LogP contribution in [0.4, 0.5) is 20.3 Å². The lowest BCUT2D eigenvalue weighted by Crippen LogP contribution is -2.56. The highest BCUT2D eigenvalue weighted by Crippen LogP contribution is 2.28. The number of benzene rings is 1. The summed E-state index contributed by atoms with van der Waals surface area (Å²) in [6.07, 6.45) is 2.50. The fraction of sp³-hybridized carbons (Fsp3) is 0.393. The van der Waals surface area contributed by atoms with E-state index in [0.29, 0.717) is 29.6 Å². The quantitative estimate of drug-likeness (QED) is 0.256. The van der Waals surface area contributed by atoms with E-state index in [-0.39, 0.29) is 57.4 Å². The molecule has 3 aromatic rings. The first kappa shape index (κ1) is 30.8. The summed E-state index contributed by atoms with van der Waals surface area (Å²) in [7, 11) is 10.4. The molecular formula is C28H34ClF2N8O3+. The molecule has 1 saturated carbocycles. The van der Waals surface area contributed by atoms with Gasteiger partial charge >= 0.3 is 0 Å². The Hall–Kier alpha value is -4.10. The van der Waals surface area contributed by atoms with E-state index in [1.165, 1.54) is 40.9 Å². The Bertz CT molecular complexity index is 1530. The fourth-order valence-corrected chi connectivity index (χ4v) is 4.87. The van der Waals surface area contributed by atoms with Crippen molar-refractivity contribution in [3.8, 4) is 11.3 Å². The van der Waals surface area contributed by atoms with E-state index in [2.05, 4.69) is 25.9 Å². The number of carbonyl (C=O) groups excluding carboxylic acids is 3. The Morgan fingerprint density at radius 2 is 1.74 bits per heavy atom. The molecule has 1 aromatic carbocycles. The van der Waals surface area contributed by atoms with Gasteiger partial charge in [-0.15, -0.1) is 0 Å². The maximum atomic E-state index is 14.7. The van der Waals surface area contributed by atoms with E-state index in [9.17, 15) is 23.2 Å². The van der Waals surface area contributed by atoms with E-state index in [4.69, 9.17) is 11.6 Å². The van der Waals surface area contributed by atoms with Gasteiger partial charge in [-0.2, -0.15) is 9.37 Å². The van der Waals surface area contributed by atoms with Gasteiger partial charge in [0.1, 0.15) is 0 Å². The Kier molecular flexibility index (Phi) is 8.83. The number of anilines is 2. The second-order valence-corrected chi connectivity index (χ2v) is 12.0. The first-order valence-corrected chi connectivity index (χ1v) is 13.6. The summed E-state index contributed by atoms with van der Waals surface area (Å²) < 4.78 is 31.0. The van der Waals surface area contributed by atoms with Crippen LogP contribution in [-0.2, 0) is 11.8 Å². The molecule has 0 saturated heterocycles. The number of pyridine rings is 1. The number of hydrogen-bond donors (Lipinski definition) is 3. The Labute approximate surface area is 247 Å². The summed E-state index contributed by atoms with van der Waals surface area (Å²) in [5, 5.41) is 8.67. The van der Waals surface area contributed by atoms with Gasteiger partial charge in [-0.3, -0.25) is 14.4 Å². The molecule has 0 aliphatic heterocycles. The predicted octanol–water partition coefficient (Wildman–Crippen LogP) is 2.82. The first-order chi connectivity index (χ1) is 19.6. The third-order valence-electron chi connectivity index (χ3n) is 6.73. The van der Waals surface area contributed by atoms with Crippen LogP contribution >= 0.6 is 11.6 Å². The number of imidazole rings is 1. The van der Waals surface area contributed by atoms with Crippen LogP contribution < -0.4 is 20.9 Å². The number of nitrogens with zero attached hydrogens (tertiary/aromatic N) is 5. The van der Waals surface area contributed by atoms with Crippen molar-refractivity contribution < 1.29 is 27.6 Å². The molecule has 224 valence electrons. The summed E-state index contributed by atoms with van der Waals surface area (Å²) in [4.78, 5) is 46.9. The first-order valence-electron chi connectivity index (χ1n) is 13.2. The van der Waals surface area contributed by atoms with Crippen LogP contribution in [0, 0.1) is 11.8 Å². The average Bonchev–Trinajstić information content (AvgIpc) is 3.23. The van der Waals surface area contributed by atoms with Crippen LogP contribution in [0.25, 0.3) is 11.3 Å². The number of quaternary nitrogens is 1. The van der Waals surface area contributed by atoms with Gasteiger partial charge in [0, 0.05) is 38.9 Å². The van der Waals surface area contributed by atoms with Crippen LogP contribution in [0.5, 0.6) is 0 Å². The highest BCUT2D eigenvalue weighted by Gasteiger charge is 2.33. The highest BCUT2D eigenvalue weighted by molar-refractivity contribution is 6.34. The van der Waals surface area contributed by atoms with Crippen molar-refractivity contribution in [2.75, 3.05) is 52.0 Å². The van der Waals surface area contributed by atoms with Crippen molar-refractivity contribution in [1.29, 1.82) is 0 Å². The largest absolute Gasteiger partial charge is 0.360 e. The molecule has 3 amide bonds. The van der Waals surface area contributed by atoms with Gasteiger partial charge in [-0.25, -0.2) is 9.37 Å². The predicted molar refractivity (Wildman–Crippen MR) is 155 cm³/mol. The second-order valence-electron chi connectivity index (χ2n) is 11.6. The minimum absolute atomic E-state index is 0.0123. The normalized spacial score (nSPS) is 16.4. The van der Waals surface area contributed by atoms with E-state index < -0.39 is 17.7 Å². The molecule has 0 unspecified atom stereocenters. The molecule has 42 heavy (non-hydrogen) atoms. The van der Waals surface area contributed by atoms with Gasteiger partial charge in [0.25, 0.3) is 17.7 Å². The second kappa shape index (κ2) is 12.0. The van der Waals surface area contributed by atoms with E-state index in [1.807, 2.05) is 21.1 Å². The van der Waals surface area contributed by atoms with Gasteiger partial charge < -0.3 is 29.9 Å². The number of carbonyl (C=O) groups is 3. The maximum absolute atomic E-state index is 14.7. The SMILES string of the molecule is CN(C)c1nc(F)c(-c2cnc(C(=O)Nc3ccc(C(=O)NC4CC(NC(=O)C[N+](C)(C)C)C4)c(Cl)c3)n2C)cc1F. The molecule has 0 radical (unpaired) electrons. The Morgan fingerprint density at radius 3 is 2.36 bits per heavy atom. The number of aromatic nitrogens is 3. The number of hydrogen-bond acceptors (Lipinski definition) is 6. The van der Waals surface area contributed by atoms with Crippen molar-refractivity contribution in [1.82, 2.24) is 25.2 Å². The molecule has 4 rings (SSSR count). The lowest BCUT2D eigenvalue weighted by molar-refractivity contribution is -0.862. The lowest BCUT2D eigenvalue weighted by atomic mass is 9.86. The summed E-state index contributed by atoms with van der Waals surface area (Å²) in [6.45, 7) is 0.369. The molecule has 3 N–H and O–H groups in total. The number of nitrogens with one attached hydrogen (secondary N) is 3. The minimum Gasteiger partial charge on any atom is -0.360 e. The molecule has 1 aliphatic carbocycles. The van der Waals surface area contributed by atoms with Gasteiger partial charge in [-0.05, 0) is 37.1 Å². The maximum Gasteiger partial charge on any atom is 0.291 e. The van der Waals surface area contributed by atoms with Gasteiger partial charge in [0.2, 0.25) is 5.95 Å². The zero-order valence-electron chi connectivity index (χ0n) is 24.3. The molecule has 2 heterocycles. The summed E-state index contributed by atoms with van der Waals surface area (Å²) >= 11 is 6.36. The third kappa shape index (κ3) is 7.02. The van der Waals surface area contributed by atoms with Crippen LogP contribution in [0.3, 0.4) is 0 Å². The number of rotatable bonds is 9. The van der Waals surface area contributed by atoms with Crippen molar-refractivity contribution in [3.63, 3.8) is 0 Å². The van der Waals surface area contributed by atoms with Crippen LogP contribution in [0.15, 0.2) is 30.5 Å². The zero-order chi connectivity index (χ0) is 30.9. The average molecular weight is 604 g/mol. The highest BCUT2D eigenvalue weighted by atomic mass is 35.5. The zero-order valence-corrected chi connectivity index (χ0v) is 25.0. The molecule has 14 heteroatoms. The molecule has 2 aromatic heterocycles. The standard InChI is InChI=1S/C28H33ClF2N8O3/c1-37(2)25-21(30)12-19(24(31)36-25)22-13-32-26(38(22)3)28(42)34-15-7-8-18(20(29)11-15)27(41)35-17-9-16(10-17)33-23(40)14-39(4,5)6/h7-8,11-13,16-17H,9-10,14H2,1-6H3,(H2-,33,34,35,40,41,42)/p+1. The van der Waals surface area contributed by atoms with Gasteiger partial charge in [0.05, 0.1) is 49.2 Å². The third-order valence-corrected chi connectivity index (χ3v) is 7.04. The Balaban J connectivity index is 1.36. The van der Waals surface area contributed by atoms with E-state index in [1.54, 1.807) is 14.1 Å². The minimum atomic E-state index is -0.905. The molecule has 0 bridgehead atoms. The van der Waals surface area contributed by atoms with Crippen molar-refractivity contribution >= 4 is 40.8 Å². The van der Waals surface area contributed by atoms with Crippen LogP contribution in [0.2, 0.25) is 5.02 Å². The topological polar surface area (TPSA) is 121 Å². The molecule has 11 nitrogen and oxygen atoms in total. The van der Waals surface area contributed by atoms with Crippen LogP contribution in [-0.4, -0.2) is 90.6 Å². The molecular weight excluding hydrogens is 570 g/mol. The Morgan fingerprint density at radius 1 is 1.07 bits per heavy atom. The van der Waals surface area contributed by atoms with Gasteiger partial charge in [0.15, 0.2) is 24.0 Å². The molecule has 0 atom stereocenters. The smallest absolute Gasteiger partial charge is 0.291 e. The van der Waals surface area contributed by atoms with Crippen molar-refractivity contribution in [3.05, 3.63) is 58.6 Å². The molecule has 1 fully saturated rings. The lowest BCUT2D eigenvalue weighted by Gasteiger charge is -2.36. The fourth-order valence-electron chi connectivity index (χ4n) is 4.61. The van der Waals surface area contributed by atoms with E-state index >= 15 is 0 Å². The van der Waals surface area contributed by atoms with Crippen molar-refractivity contribution in [2.24, 2.45) is 7.05 Å². The van der Waals surface area contributed by atoms with Gasteiger partial charge in [-0.1, -0.05) is 11.6 Å². The number of halogens is 3. The summed E-state index contributed by atoms with van der Waals surface area (Å²) in [5.41, 5.74) is 0.557. The molecule has 1 aliphatic rings. The van der Waals surface area contributed by atoms with E-state index in [0.717, 1.165) is 6.07 Å². The van der Waals surface area contributed by atoms with Crippen LogP contribution in [0.1, 0.15) is 33.8 Å².